The Morgan fingerprint density at radius 2 is 1.84 bits per heavy atom. The number of anilines is 1. The molecule has 1 saturated heterocycles. The van der Waals surface area contributed by atoms with Gasteiger partial charge in [-0.3, -0.25) is 9.79 Å². The number of benzene rings is 2. The van der Waals surface area contributed by atoms with Gasteiger partial charge in [0.1, 0.15) is 6.61 Å². The Hall–Kier alpha value is -2.72. The van der Waals surface area contributed by atoms with Crippen LogP contribution in [0.3, 0.4) is 0 Å². The van der Waals surface area contributed by atoms with E-state index in [1.54, 1.807) is 26.4 Å². The molecule has 0 N–H and O–H groups in total. The molecule has 2 aliphatic rings. The molecule has 0 bridgehead atoms. The van der Waals surface area contributed by atoms with Crippen molar-refractivity contribution >= 4 is 38.4 Å². The number of sulfone groups is 1. The van der Waals surface area contributed by atoms with Crippen molar-refractivity contribution in [3.63, 3.8) is 0 Å². The molecule has 0 aliphatic carbocycles. The lowest BCUT2D eigenvalue weighted by atomic mass is 10.1. The van der Waals surface area contributed by atoms with Gasteiger partial charge in [-0.25, -0.2) is 8.42 Å². The normalized spacial score (nSPS) is 21.1. The van der Waals surface area contributed by atoms with Gasteiger partial charge in [-0.1, -0.05) is 42.1 Å². The van der Waals surface area contributed by atoms with Gasteiger partial charge in [0.2, 0.25) is 0 Å². The Labute approximate surface area is 191 Å². The molecule has 0 aromatic heterocycles. The standard InChI is InChI=1S/C22H24N2O6S2/c1-28-19-9-8-16(10-20(19)29-2)24-18-14-32(26,27)13-17(18)23-22(24)31-12-21(25)30-11-15-6-4-3-5-7-15/h3-10,17-18H,11-14H2,1-2H3/t17-,18+/m1/s1. The number of amidine groups is 1. The SMILES string of the molecule is COc1ccc(N2C(SCC(=O)OCc3ccccc3)=N[C@@H]3CS(=O)(=O)C[C@@H]32)cc1OC. The minimum atomic E-state index is -3.17. The predicted octanol–water partition coefficient (Wildman–Crippen LogP) is 2.52. The number of ether oxygens (including phenoxy) is 3. The summed E-state index contributed by atoms with van der Waals surface area (Å²) in [7, 11) is -0.0795. The molecule has 2 aliphatic heterocycles. The number of carbonyl (C=O) groups excluding carboxylic acids is 1. The van der Waals surface area contributed by atoms with E-state index in [0.717, 1.165) is 11.3 Å². The molecule has 2 aromatic carbocycles. The second-order valence-electron chi connectivity index (χ2n) is 7.47. The summed E-state index contributed by atoms with van der Waals surface area (Å²) in [6.45, 7) is 0.204. The third-order valence-electron chi connectivity index (χ3n) is 5.31. The Bertz CT molecular complexity index is 1120. The first-order chi connectivity index (χ1) is 15.4. The van der Waals surface area contributed by atoms with E-state index in [0.29, 0.717) is 16.7 Å². The van der Waals surface area contributed by atoms with E-state index < -0.39 is 9.84 Å². The number of esters is 1. The molecule has 0 unspecified atom stereocenters. The lowest BCUT2D eigenvalue weighted by Crippen LogP contribution is -2.39. The van der Waals surface area contributed by atoms with E-state index in [9.17, 15) is 13.2 Å². The van der Waals surface area contributed by atoms with E-state index >= 15 is 0 Å². The van der Waals surface area contributed by atoms with Crippen LogP contribution in [0.4, 0.5) is 5.69 Å². The van der Waals surface area contributed by atoms with Crippen LogP contribution >= 0.6 is 11.8 Å². The molecule has 2 aromatic rings. The number of rotatable bonds is 7. The predicted molar refractivity (Wildman–Crippen MR) is 124 cm³/mol. The smallest absolute Gasteiger partial charge is 0.316 e. The Morgan fingerprint density at radius 1 is 1.09 bits per heavy atom. The zero-order valence-electron chi connectivity index (χ0n) is 17.8. The first kappa shape index (κ1) is 22.5. The van der Waals surface area contributed by atoms with Crippen molar-refractivity contribution in [3.05, 3.63) is 54.1 Å². The summed E-state index contributed by atoms with van der Waals surface area (Å²) in [5, 5.41) is 0.596. The molecule has 0 radical (unpaired) electrons. The van der Waals surface area contributed by atoms with Gasteiger partial charge in [0.05, 0.1) is 43.6 Å². The second kappa shape index (κ2) is 9.41. The molecule has 1 fully saturated rings. The van der Waals surface area contributed by atoms with Crippen molar-refractivity contribution in [2.45, 2.75) is 18.7 Å². The number of hydrogen-bond acceptors (Lipinski definition) is 9. The highest BCUT2D eigenvalue weighted by Crippen LogP contribution is 2.38. The number of aliphatic imine (C=N–C) groups is 1. The van der Waals surface area contributed by atoms with E-state index in [1.807, 2.05) is 41.3 Å². The second-order valence-corrected chi connectivity index (χ2v) is 10.6. The van der Waals surface area contributed by atoms with Gasteiger partial charge in [0, 0.05) is 11.8 Å². The van der Waals surface area contributed by atoms with Gasteiger partial charge in [-0.15, -0.1) is 0 Å². The lowest BCUT2D eigenvalue weighted by Gasteiger charge is -2.27. The van der Waals surface area contributed by atoms with Crippen molar-refractivity contribution in [3.8, 4) is 11.5 Å². The van der Waals surface area contributed by atoms with Crippen LogP contribution in [0.1, 0.15) is 5.56 Å². The van der Waals surface area contributed by atoms with Gasteiger partial charge >= 0.3 is 5.97 Å². The van der Waals surface area contributed by atoms with Crippen LogP contribution < -0.4 is 14.4 Å². The monoisotopic (exact) mass is 476 g/mol. The summed E-state index contributed by atoms with van der Waals surface area (Å²) in [4.78, 5) is 18.8. The first-order valence-electron chi connectivity index (χ1n) is 10.0. The zero-order chi connectivity index (χ0) is 22.7. The molecule has 0 amide bonds. The number of hydrogen-bond donors (Lipinski definition) is 0. The van der Waals surface area contributed by atoms with Crippen LogP contribution in [0.2, 0.25) is 0 Å². The van der Waals surface area contributed by atoms with Gasteiger partial charge < -0.3 is 19.1 Å². The fourth-order valence-electron chi connectivity index (χ4n) is 3.81. The van der Waals surface area contributed by atoms with Crippen molar-refractivity contribution in [1.29, 1.82) is 0 Å². The van der Waals surface area contributed by atoms with Crippen molar-refractivity contribution in [2.24, 2.45) is 4.99 Å². The van der Waals surface area contributed by atoms with Gasteiger partial charge in [0.25, 0.3) is 0 Å². The van der Waals surface area contributed by atoms with Crippen molar-refractivity contribution in [2.75, 3.05) is 36.4 Å². The van der Waals surface area contributed by atoms with Crippen LogP contribution in [0.15, 0.2) is 53.5 Å². The Morgan fingerprint density at radius 3 is 2.56 bits per heavy atom. The third kappa shape index (κ3) is 4.86. The molecule has 32 heavy (non-hydrogen) atoms. The summed E-state index contributed by atoms with van der Waals surface area (Å²) in [5.74, 6) is 0.824. The maximum Gasteiger partial charge on any atom is 0.316 e. The maximum atomic E-state index is 12.3. The van der Waals surface area contributed by atoms with E-state index in [-0.39, 0.29) is 41.9 Å². The fourth-order valence-corrected chi connectivity index (χ4v) is 6.58. The van der Waals surface area contributed by atoms with E-state index in [1.165, 1.54) is 11.8 Å². The number of methoxy groups -OCH3 is 2. The van der Waals surface area contributed by atoms with Gasteiger partial charge in [0.15, 0.2) is 26.5 Å². The molecule has 10 heteroatoms. The molecular weight excluding hydrogens is 452 g/mol. The van der Waals surface area contributed by atoms with Crippen LogP contribution in [0.25, 0.3) is 0 Å². The van der Waals surface area contributed by atoms with Crippen LogP contribution in [-0.4, -0.2) is 63.1 Å². The Balaban J connectivity index is 1.50. The quantitative estimate of drug-likeness (QED) is 0.563. The minimum Gasteiger partial charge on any atom is -0.493 e. The molecule has 4 rings (SSSR count). The average molecular weight is 477 g/mol. The molecule has 2 atom stereocenters. The molecule has 0 spiro atoms. The fraction of sp³-hybridized carbons (Fsp3) is 0.364. The first-order valence-corrected chi connectivity index (χ1v) is 12.8. The molecule has 2 heterocycles. The van der Waals surface area contributed by atoms with E-state index in [2.05, 4.69) is 4.99 Å². The number of carbonyl (C=O) groups is 1. The molecule has 170 valence electrons. The summed E-state index contributed by atoms with van der Waals surface area (Å²) in [6, 6.07) is 14.2. The highest BCUT2D eigenvalue weighted by molar-refractivity contribution is 8.14. The molecular formula is C22H24N2O6S2. The zero-order valence-corrected chi connectivity index (χ0v) is 19.4. The lowest BCUT2D eigenvalue weighted by molar-refractivity contribution is -0.141. The van der Waals surface area contributed by atoms with Gasteiger partial charge in [-0.2, -0.15) is 0 Å². The topological polar surface area (TPSA) is 94.5 Å². The Kier molecular flexibility index (Phi) is 6.61. The summed E-state index contributed by atoms with van der Waals surface area (Å²) in [6.07, 6.45) is 0. The summed E-state index contributed by atoms with van der Waals surface area (Å²) < 4.78 is 40.5. The summed E-state index contributed by atoms with van der Waals surface area (Å²) in [5.41, 5.74) is 1.65. The number of fused-ring (bicyclic) bond motifs is 1. The summed E-state index contributed by atoms with van der Waals surface area (Å²) >= 11 is 1.25. The van der Waals surface area contributed by atoms with Crippen molar-refractivity contribution in [1.82, 2.24) is 0 Å². The number of nitrogens with zero attached hydrogens (tertiary/aromatic N) is 2. The molecule has 0 saturated carbocycles. The highest BCUT2D eigenvalue weighted by Gasteiger charge is 2.47. The van der Waals surface area contributed by atoms with E-state index in [4.69, 9.17) is 14.2 Å². The average Bonchev–Trinajstić information content (AvgIpc) is 3.27. The number of thioether (sulfide) groups is 1. The van der Waals surface area contributed by atoms with Crippen LogP contribution in [0.5, 0.6) is 11.5 Å². The van der Waals surface area contributed by atoms with Crippen LogP contribution in [-0.2, 0) is 26.0 Å². The van der Waals surface area contributed by atoms with Crippen LogP contribution in [0, 0.1) is 0 Å². The largest absolute Gasteiger partial charge is 0.493 e. The van der Waals surface area contributed by atoms with Crippen molar-refractivity contribution < 1.29 is 27.4 Å². The molecule has 8 nitrogen and oxygen atoms in total. The minimum absolute atomic E-state index is 0.00394. The maximum absolute atomic E-state index is 12.3. The third-order valence-corrected chi connectivity index (χ3v) is 7.95. The van der Waals surface area contributed by atoms with Gasteiger partial charge in [-0.05, 0) is 17.7 Å². The highest BCUT2D eigenvalue weighted by atomic mass is 32.2.